The van der Waals surface area contributed by atoms with Crippen molar-refractivity contribution in [2.24, 2.45) is 0 Å². The molecule has 0 radical (unpaired) electrons. The van der Waals surface area contributed by atoms with E-state index in [0.29, 0.717) is 17.4 Å². The van der Waals surface area contributed by atoms with E-state index in [-0.39, 0.29) is 17.1 Å². The van der Waals surface area contributed by atoms with Crippen molar-refractivity contribution < 1.29 is 9.53 Å². The minimum absolute atomic E-state index is 0.139. The Hall–Kier alpha value is -3.44. The first kappa shape index (κ1) is 16.1. The third-order valence-electron chi connectivity index (χ3n) is 4.21. The normalized spacial score (nSPS) is 11.0. The average Bonchev–Trinajstić information content (AvgIpc) is 3.19. The van der Waals surface area contributed by atoms with Crippen LogP contribution >= 0.6 is 11.3 Å². The molecule has 0 saturated carbocycles. The summed E-state index contributed by atoms with van der Waals surface area (Å²) in [6.07, 6.45) is 1.92. The number of thiophene rings is 1. The average molecular weight is 363 g/mol. The molecule has 0 unspecified atom stereocenters. The number of aryl methyl sites for hydroxylation is 1. The topological polar surface area (TPSA) is 106 Å². The van der Waals surface area contributed by atoms with Gasteiger partial charge in [0.05, 0.1) is 17.4 Å². The van der Waals surface area contributed by atoms with Crippen LogP contribution in [-0.4, -0.2) is 28.0 Å². The number of carbonyl (C=O) groups excluding carboxylic acids is 1. The molecule has 0 saturated heterocycles. The molecular formula is C18H13N5O2S. The van der Waals surface area contributed by atoms with Crippen LogP contribution in [0.15, 0.2) is 24.5 Å². The van der Waals surface area contributed by atoms with Crippen LogP contribution in [0, 0.1) is 18.3 Å². The monoisotopic (exact) mass is 363 g/mol. The van der Waals surface area contributed by atoms with Crippen molar-refractivity contribution in [3.05, 3.63) is 41.3 Å². The van der Waals surface area contributed by atoms with Crippen molar-refractivity contribution in [1.82, 2.24) is 14.6 Å². The molecule has 0 bridgehead atoms. The molecule has 8 heteroatoms. The Labute approximate surface area is 152 Å². The lowest BCUT2D eigenvalue weighted by molar-refractivity contribution is 0.112. The van der Waals surface area contributed by atoms with Gasteiger partial charge < -0.3 is 10.5 Å². The van der Waals surface area contributed by atoms with E-state index < -0.39 is 0 Å². The summed E-state index contributed by atoms with van der Waals surface area (Å²) in [5.74, 6) is 0.970. The number of fused-ring (bicyclic) bond motifs is 2. The van der Waals surface area contributed by atoms with E-state index in [1.54, 1.807) is 7.11 Å². The molecule has 2 N–H and O–H groups in total. The molecule has 128 valence electrons. The number of methoxy groups -OCH3 is 1. The third kappa shape index (κ3) is 2.14. The lowest BCUT2D eigenvalue weighted by Crippen LogP contribution is -2.00. The van der Waals surface area contributed by atoms with Gasteiger partial charge in [0.1, 0.15) is 23.7 Å². The number of hydrogen-bond acceptors (Lipinski definition) is 7. The fraction of sp³-hybridized carbons (Fsp3) is 0.111. The first-order chi connectivity index (χ1) is 12.6. The molecule has 26 heavy (non-hydrogen) atoms. The Morgan fingerprint density at radius 3 is 2.88 bits per heavy atom. The van der Waals surface area contributed by atoms with E-state index in [1.165, 1.54) is 22.2 Å². The minimum atomic E-state index is 0.139. The molecule has 0 fully saturated rings. The molecule has 0 spiro atoms. The summed E-state index contributed by atoms with van der Waals surface area (Å²) in [5.41, 5.74) is 8.52. The van der Waals surface area contributed by atoms with Crippen molar-refractivity contribution in [3.63, 3.8) is 0 Å². The lowest BCUT2D eigenvalue weighted by Gasteiger charge is -2.02. The smallest absolute Gasteiger partial charge is 0.154 e. The number of hydrogen-bond donors (Lipinski definition) is 1. The van der Waals surface area contributed by atoms with Crippen LogP contribution in [-0.2, 0) is 0 Å². The maximum atomic E-state index is 11.8. The number of rotatable bonds is 3. The summed E-state index contributed by atoms with van der Waals surface area (Å²) in [6, 6.07) is 8.00. The second-order valence-electron chi connectivity index (χ2n) is 5.77. The van der Waals surface area contributed by atoms with E-state index >= 15 is 0 Å². The number of benzene rings is 1. The minimum Gasteiger partial charge on any atom is -0.495 e. The lowest BCUT2D eigenvalue weighted by atomic mass is 10.1. The summed E-state index contributed by atoms with van der Waals surface area (Å²) in [5, 5.41) is 14.6. The van der Waals surface area contributed by atoms with Crippen LogP contribution in [0.4, 0.5) is 5.82 Å². The Morgan fingerprint density at radius 2 is 2.19 bits per heavy atom. The summed E-state index contributed by atoms with van der Waals surface area (Å²) < 4.78 is 7.81. The Balaban J connectivity index is 2.14. The summed E-state index contributed by atoms with van der Waals surface area (Å²) in [6.45, 7) is 1.99. The van der Waals surface area contributed by atoms with Gasteiger partial charge in [0.15, 0.2) is 17.8 Å². The SMILES string of the molecule is COc1cc(C)cc2cc(-c3c(C=O)c(C#N)n4ncnc(N)c34)sc12. The molecule has 0 aliphatic heterocycles. The van der Waals surface area contributed by atoms with Crippen molar-refractivity contribution in [1.29, 1.82) is 5.26 Å². The van der Waals surface area contributed by atoms with Crippen LogP contribution < -0.4 is 10.5 Å². The van der Waals surface area contributed by atoms with Gasteiger partial charge in [-0.1, -0.05) is 6.07 Å². The maximum absolute atomic E-state index is 11.8. The number of nitrogens with two attached hydrogens (primary N) is 1. The molecule has 7 nitrogen and oxygen atoms in total. The van der Waals surface area contributed by atoms with Crippen molar-refractivity contribution in [3.8, 4) is 22.3 Å². The third-order valence-corrected chi connectivity index (χ3v) is 5.39. The second-order valence-corrected chi connectivity index (χ2v) is 6.82. The molecule has 1 aromatic carbocycles. The number of aldehydes is 1. The summed E-state index contributed by atoms with van der Waals surface area (Å²) >= 11 is 1.47. The number of carbonyl (C=O) groups is 1. The van der Waals surface area contributed by atoms with Gasteiger partial charge in [-0.15, -0.1) is 11.3 Å². The maximum Gasteiger partial charge on any atom is 0.154 e. The summed E-state index contributed by atoms with van der Waals surface area (Å²) in [7, 11) is 1.62. The summed E-state index contributed by atoms with van der Waals surface area (Å²) in [4.78, 5) is 16.6. The number of ether oxygens (including phenoxy) is 1. The van der Waals surface area contributed by atoms with Gasteiger partial charge in [0, 0.05) is 10.4 Å². The molecule has 0 aliphatic rings. The highest BCUT2D eigenvalue weighted by atomic mass is 32.1. The zero-order valence-electron chi connectivity index (χ0n) is 14.0. The highest BCUT2D eigenvalue weighted by molar-refractivity contribution is 7.22. The van der Waals surface area contributed by atoms with Crippen LogP contribution in [0.3, 0.4) is 0 Å². The Kier molecular flexibility index (Phi) is 3.60. The molecule has 3 aromatic heterocycles. The number of anilines is 1. The van der Waals surface area contributed by atoms with E-state index in [9.17, 15) is 10.1 Å². The van der Waals surface area contributed by atoms with Crippen molar-refractivity contribution >= 4 is 39.0 Å². The number of aromatic nitrogens is 3. The predicted octanol–water partition coefficient (Wildman–Crippen LogP) is 3.19. The fourth-order valence-electron chi connectivity index (χ4n) is 3.14. The zero-order valence-corrected chi connectivity index (χ0v) is 14.8. The number of nitrogen functional groups attached to an aromatic ring is 1. The van der Waals surface area contributed by atoms with E-state index in [1.807, 2.05) is 31.2 Å². The number of nitrogens with zero attached hydrogens (tertiary/aromatic N) is 4. The van der Waals surface area contributed by atoms with Gasteiger partial charge in [0.25, 0.3) is 0 Å². The molecule has 3 heterocycles. The van der Waals surface area contributed by atoms with Crippen LogP contribution in [0.1, 0.15) is 21.6 Å². The highest BCUT2D eigenvalue weighted by Crippen LogP contribution is 2.43. The molecule has 4 aromatic rings. The Morgan fingerprint density at radius 1 is 1.38 bits per heavy atom. The second kappa shape index (κ2) is 5.82. The van der Waals surface area contributed by atoms with Gasteiger partial charge in [-0.25, -0.2) is 9.50 Å². The van der Waals surface area contributed by atoms with Crippen LogP contribution in [0.5, 0.6) is 5.75 Å². The molecule has 0 aliphatic carbocycles. The largest absolute Gasteiger partial charge is 0.495 e. The first-order valence-corrected chi connectivity index (χ1v) is 8.49. The van der Waals surface area contributed by atoms with Gasteiger partial charge in [-0.05, 0) is 30.0 Å². The van der Waals surface area contributed by atoms with E-state index in [0.717, 1.165) is 26.3 Å². The van der Waals surface area contributed by atoms with E-state index in [2.05, 4.69) is 10.1 Å². The fourth-order valence-corrected chi connectivity index (χ4v) is 4.33. The highest BCUT2D eigenvalue weighted by Gasteiger charge is 2.24. The Bertz CT molecular complexity index is 1230. The molecular weight excluding hydrogens is 350 g/mol. The van der Waals surface area contributed by atoms with Crippen molar-refractivity contribution in [2.45, 2.75) is 6.92 Å². The molecule has 4 rings (SSSR count). The first-order valence-electron chi connectivity index (χ1n) is 7.68. The van der Waals surface area contributed by atoms with Crippen LogP contribution in [0.2, 0.25) is 0 Å². The quantitative estimate of drug-likeness (QED) is 0.560. The van der Waals surface area contributed by atoms with Gasteiger partial charge in [0.2, 0.25) is 0 Å². The predicted molar refractivity (Wildman–Crippen MR) is 99.6 cm³/mol. The number of nitriles is 1. The molecule has 0 atom stereocenters. The standard InChI is InChI=1S/C18H13N5O2S/c1-9-3-10-5-14(26-17(10)13(4-9)25-2)15-11(7-24)12(6-19)23-16(15)18(20)21-8-22-23/h3-5,7-8H,1-2H3,(H2,20,21,22). The zero-order chi connectivity index (χ0) is 18.4. The van der Waals surface area contributed by atoms with E-state index in [4.69, 9.17) is 10.5 Å². The molecule has 0 amide bonds. The van der Waals surface area contributed by atoms with Crippen molar-refractivity contribution in [2.75, 3.05) is 12.8 Å². The van der Waals surface area contributed by atoms with Gasteiger partial charge >= 0.3 is 0 Å². The van der Waals surface area contributed by atoms with Gasteiger partial charge in [-0.3, -0.25) is 4.79 Å². The van der Waals surface area contributed by atoms with Crippen LogP contribution in [0.25, 0.3) is 26.0 Å². The van der Waals surface area contributed by atoms with Gasteiger partial charge in [-0.2, -0.15) is 10.4 Å².